The molecule has 0 aliphatic heterocycles. The van der Waals surface area contributed by atoms with Gasteiger partial charge in [-0.2, -0.15) is 0 Å². The first-order valence-corrected chi connectivity index (χ1v) is 9.26. The first-order valence-electron chi connectivity index (χ1n) is 7.78. The number of nitrogens with two attached hydrogens (primary N) is 1. The number of fused-ring (bicyclic) bond motifs is 1. The highest BCUT2D eigenvalue weighted by Gasteiger charge is 2.25. The highest BCUT2D eigenvalue weighted by molar-refractivity contribution is 7.89. The van der Waals surface area contributed by atoms with Gasteiger partial charge in [-0.1, -0.05) is 32.4 Å². The molecule has 0 aliphatic carbocycles. The van der Waals surface area contributed by atoms with Gasteiger partial charge in [0.15, 0.2) is 5.96 Å². The largest absolute Gasteiger partial charge is 0.370 e. The molecule has 0 bridgehead atoms. The average Bonchev–Trinajstić information content (AvgIpc) is 2.57. The Morgan fingerprint density at radius 3 is 2.79 bits per heavy atom. The Kier molecular flexibility index (Phi) is 5.74. The molecule has 130 valence electrons. The molecule has 2 unspecified atom stereocenters. The fourth-order valence-corrected chi connectivity index (χ4v) is 4.03. The zero-order valence-corrected chi connectivity index (χ0v) is 14.6. The zero-order chi connectivity index (χ0) is 17.7. The van der Waals surface area contributed by atoms with Crippen LogP contribution in [-0.4, -0.2) is 31.9 Å². The third-order valence-electron chi connectivity index (χ3n) is 4.08. The first kappa shape index (κ1) is 18.2. The summed E-state index contributed by atoms with van der Waals surface area (Å²) in [7, 11) is -3.72. The summed E-state index contributed by atoms with van der Waals surface area (Å²) < 4.78 is 28.5. The molecule has 7 nitrogen and oxygen atoms in total. The van der Waals surface area contributed by atoms with Gasteiger partial charge in [-0.3, -0.25) is 10.4 Å². The monoisotopic (exact) mass is 349 g/mol. The molecule has 2 rings (SSSR count). The maximum absolute atomic E-state index is 12.9. The minimum Gasteiger partial charge on any atom is -0.370 e. The Labute approximate surface area is 142 Å². The first-order chi connectivity index (χ1) is 11.3. The highest BCUT2D eigenvalue weighted by Crippen LogP contribution is 2.22. The van der Waals surface area contributed by atoms with Crippen molar-refractivity contribution in [1.29, 1.82) is 5.41 Å². The molecule has 1 aromatic heterocycles. The number of pyridine rings is 1. The van der Waals surface area contributed by atoms with Crippen LogP contribution >= 0.6 is 0 Å². The van der Waals surface area contributed by atoms with E-state index in [1.165, 1.54) is 0 Å². The highest BCUT2D eigenvalue weighted by atomic mass is 32.2. The maximum Gasteiger partial charge on any atom is 0.241 e. The summed E-state index contributed by atoms with van der Waals surface area (Å²) in [4.78, 5) is 4.25. The Morgan fingerprint density at radius 2 is 2.12 bits per heavy atom. The lowest BCUT2D eigenvalue weighted by molar-refractivity contribution is 0.405. The van der Waals surface area contributed by atoms with E-state index < -0.39 is 10.0 Å². The van der Waals surface area contributed by atoms with E-state index >= 15 is 0 Å². The van der Waals surface area contributed by atoms with Crippen molar-refractivity contribution < 1.29 is 8.42 Å². The topological polar surface area (TPSA) is 121 Å². The number of nitrogens with one attached hydrogen (secondary N) is 3. The lowest BCUT2D eigenvalue weighted by atomic mass is 10.0. The molecule has 1 aromatic carbocycles. The van der Waals surface area contributed by atoms with Crippen molar-refractivity contribution in [3.63, 3.8) is 0 Å². The lowest BCUT2D eigenvalue weighted by Crippen LogP contribution is -2.48. The molecule has 8 heteroatoms. The summed E-state index contributed by atoms with van der Waals surface area (Å²) in [6.07, 6.45) is 4.01. The minimum atomic E-state index is -3.72. The van der Waals surface area contributed by atoms with Gasteiger partial charge in [0, 0.05) is 35.8 Å². The summed E-state index contributed by atoms with van der Waals surface area (Å²) in [5.74, 6) is -0.0954. The number of sulfonamides is 1. The van der Waals surface area contributed by atoms with Crippen LogP contribution in [0.4, 0.5) is 0 Å². The van der Waals surface area contributed by atoms with E-state index in [1.807, 2.05) is 19.9 Å². The van der Waals surface area contributed by atoms with E-state index in [1.54, 1.807) is 30.6 Å². The van der Waals surface area contributed by atoms with Gasteiger partial charge in [0.2, 0.25) is 10.0 Å². The van der Waals surface area contributed by atoms with E-state index in [-0.39, 0.29) is 29.4 Å². The Hall–Kier alpha value is -2.19. The van der Waals surface area contributed by atoms with Crippen LogP contribution in [0.1, 0.15) is 20.3 Å². The van der Waals surface area contributed by atoms with Crippen molar-refractivity contribution in [2.45, 2.75) is 31.2 Å². The van der Waals surface area contributed by atoms with Gasteiger partial charge in [-0.25, -0.2) is 13.1 Å². The molecular formula is C16H23N5O2S. The Bertz CT molecular complexity index is 817. The Balaban J connectivity index is 2.34. The molecule has 1 heterocycles. The van der Waals surface area contributed by atoms with E-state index in [2.05, 4.69) is 15.0 Å². The van der Waals surface area contributed by atoms with Crippen molar-refractivity contribution in [3.8, 4) is 0 Å². The molecule has 24 heavy (non-hydrogen) atoms. The summed E-state index contributed by atoms with van der Waals surface area (Å²) in [5, 5.41) is 11.4. The van der Waals surface area contributed by atoms with Gasteiger partial charge in [0.05, 0.1) is 4.90 Å². The number of nitrogens with zero attached hydrogens (tertiary/aromatic N) is 1. The van der Waals surface area contributed by atoms with Crippen LogP contribution in [0.25, 0.3) is 10.8 Å². The van der Waals surface area contributed by atoms with Crippen molar-refractivity contribution in [2.24, 2.45) is 11.7 Å². The van der Waals surface area contributed by atoms with Crippen LogP contribution in [0.2, 0.25) is 0 Å². The number of rotatable bonds is 7. The van der Waals surface area contributed by atoms with Crippen LogP contribution < -0.4 is 15.8 Å². The maximum atomic E-state index is 12.9. The van der Waals surface area contributed by atoms with Gasteiger partial charge < -0.3 is 11.1 Å². The van der Waals surface area contributed by atoms with Crippen LogP contribution in [0, 0.1) is 11.3 Å². The SMILES string of the molecule is CCC(C)C(CNC(=N)N)NS(=O)(=O)c1cccc2cnccc12. The second-order valence-electron chi connectivity index (χ2n) is 5.76. The molecule has 2 aromatic rings. The van der Waals surface area contributed by atoms with Crippen LogP contribution in [-0.2, 0) is 10.0 Å². The van der Waals surface area contributed by atoms with Gasteiger partial charge in [0.1, 0.15) is 0 Å². The molecule has 5 N–H and O–H groups in total. The van der Waals surface area contributed by atoms with Gasteiger partial charge in [-0.05, 0) is 18.1 Å². The smallest absolute Gasteiger partial charge is 0.241 e. The molecule has 0 saturated carbocycles. The minimum absolute atomic E-state index is 0.0864. The number of hydrogen-bond donors (Lipinski definition) is 4. The average molecular weight is 349 g/mol. The van der Waals surface area contributed by atoms with Gasteiger partial charge in [-0.15, -0.1) is 0 Å². The number of benzene rings is 1. The number of hydrogen-bond acceptors (Lipinski definition) is 4. The molecule has 2 atom stereocenters. The van der Waals surface area contributed by atoms with Gasteiger partial charge >= 0.3 is 0 Å². The third kappa shape index (κ3) is 4.21. The number of aromatic nitrogens is 1. The molecule has 0 saturated heterocycles. The molecule has 0 amide bonds. The van der Waals surface area contributed by atoms with Crippen LogP contribution in [0.5, 0.6) is 0 Å². The summed E-state index contributed by atoms with van der Waals surface area (Å²) in [6.45, 7) is 4.21. The molecule has 0 spiro atoms. The predicted octanol–water partition coefficient (Wildman–Crippen LogP) is 1.41. The fraction of sp³-hybridized carbons (Fsp3) is 0.375. The number of guanidine groups is 1. The normalized spacial score (nSPS) is 14.2. The van der Waals surface area contributed by atoms with Crippen molar-refractivity contribution in [1.82, 2.24) is 15.0 Å². The van der Waals surface area contributed by atoms with E-state index in [0.717, 1.165) is 11.8 Å². The second kappa shape index (κ2) is 7.59. The summed E-state index contributed by atoms with van der Waals surface area (Å²) in [6, 6.07) is 6.42. The predicted molar refractivity (Wildman–Crippen MR) is 95.2 cm³/mol. The molecule has 0 fully saturated rings. The van der Waals surface area contributed by atoms with Crippen LogP contribution in [0.3, 0.4) is 0 Å². The zero-order valence-electron chi connectivity index (χ0n) is 13.8. The standard InChI is InChI=1S/C16H23N5O2S/c1-3-11(2)14(10-20-16(17)18)21-24(22,23)15-6-4-5-12-9-19-8-7-13(12)15/h4-9,11,14,21H,3,10H2,1-2H3,(H4,17,18,20). The summed E-state index contributed by atoms with van der Waals surface area (Å²) >= 11 is 0. The van der Waals surface area contributed by atoms with Gasteiger partial charge in [0.25, 0.3) is 0 Å². The molecule has 0 radical (unpaired) electrons. The lowest BCUT2D eigenvalue weighted by Gasteiger charge is -2.25. The van der Waals surface area contributed by atoms with Crippen molar-refractivity contribution in [2.75, 3.05) is 6.54 Å². The van der Waals surface area contributed by atoms with E-state index in [0.29, 0.717) is 5.39 Å². The van der Waals surface area contributed by atoms with Crippen molar-refractivity contribution >= 4 is 26.8 Å². The van der Waals surface area contributed by atoms with Crippen LogP contribution in [0.15, 0.2) is 41.6 Å². The molecular weight excluding hydrogens is 326 g/mol. The second-order valence-corrected chi connectivity index (χ2v) is 7.44. The molecule has 0 aliphatic rings. The Morgan fingerprint density at radius 1 is 1.38 bits per heavy atom. The third-order valence-corrected chi connectivity index (χ3v) is 5.63. The van der Waals surface area contributed by atoms with E-state index in [9.17, 15) is 8.42 Å². The van der Waals surface area contributed by atoms with E-state index in [4.69, 9.17) is 11.1 Å². The quantitative estimate of drug-likeness (QED) is 0.445. The van der Waals surface area contributed by atoms with Crippen molar-refractivity contribution in [3.05, 3.63) is 36.7 Å². The fourth-order valence-electron chi connectivity index (χ4n) is 2.45. The summed E-state index contributed by atoms with van der Waals surface area (Å²) in [5.41, 5.74) is 5.32.